The molecule has 59 heavy (non-hydrogen) atoms. The van der Waals surface area contributed by atoms with Crippen LogP contribution in [0.4, 0.5) is 22.0 Å². The number of aromatic nitrogens is 2. The van der Waals surface area contributed by atoms with E-state index in [4.69, 9.17) is 9.47 Å². The number of nitrogens with one attached hydrogen (secondary N) is 2. The number of rotatable bonds is 15. The minimum atomic E-state index is -3.18. The Hall–Kier alpha value is -4.34. The number of fused-ring (bicyclic) bond motifs is 3. The maximum Gasteiger partial charge on any atom is 0.325 e. The molecule has 0 saturated carbocycles. The van der Waals surface area contributed by atoms with Crippen LogP contribution in [0, 0.1) is 32.1 Å². The lowest BCUT2D eigenvalue weighted by Crippen LogP contribution is -2.56. The first-order valence-corrected chi connectivity index (χ1v) is 23.2. The Balaban J connectivity index is 1.04. The number of halogens is 1. The molecular formula is C44H57BrN6O7S. The van der Waals surface area contributed by atoms with E-state index in [2.05, 4.69) is 75.5 Å². The molecule has 6 rings (SSSR count). The molecule has 2 aliphatic heterocycles. The van der Waals surface area contributed by atoms with E-state index < -0.39 is 21.3 Å². The summed E-state index contributed by atoms with van der Waals surface area (Å²) in [5.41, 5.74) is 4.82. The van der Waals surface area contributed by atoms with Crippen LogP contribution in [0.15, 0.2) is 59.4 Å². The van der Waals surface area contributed by atoms with E-state index in [0.717, 1.165) is 39.0 Å². The number of amides is 4. The van der Waals surface area contributed by atoms with Crippen molar-refractivity contribution in [3.05, 3.63) is 81.7 Å². The summed E-state index contributed by atoms with van der Waals surface area (Å²) in [5.74, 6) is 1.28. The third-order valence-electron chi connectivity index (χ3n) is 11.7. The number of morpholine rings is 1. The number of carbonyl (C=O) groups excluding carboxylic acids is 3. The zero-order valence-corrected chi connectivity index (χ0v) is 37.3. The van der Waals surface area contributed by atoms with Gasteiger partial charge in [0.2, 0.25) is 11.8 Å². The Labute approximate surface area is 356 Å². The molecule has 2 N–H and O–H groups in total. The molecule has 3 aromatic rings. The maximum absolute atomic E-state index is 14.4. The molecule has 1 aliphatic carbocycles. The van der Waals surface area contributed by atoms with Crippen molar-refractivity contribution in [2.75, 3.05) is 53.3 Å². The number of anilines is 3. The highest BCUT2D eigenvalue weighted by Gasteiger charge is 2.50. The largest absolute Gasteiger partial charge is 0.489 e. The molecule has 1 saturated heterocycles. The summed E-state index contributed by atoms with van der Waals surface area (Å²) in [6.07, 6.45) is 10.1. The summed E-state index contributed by atoms with van der Waals surface area (Å²) < 4.78 is 38.2. The molecular weight excluding hydrogens is 836 g/mol. The number of hydrogen-bond acceptors (Lipinski definition) is 9. The molecule has 1 aromatic heterocycles. The average molecular weight is 894 g/mol. The molecule has 0 radical (unpaired) electrons. The van der Waals surface area contributed by atoms with Crippen LogP contribution in [-0.2, 0) is 24.2 Å². The molecule has 15 heteroatoms. The van der Waals surface area contributed by atoms with E-state index in [1.165, 1.54) is 6.20 Å². The number of sulfone groups is 1. The van der Waals surface area contributed by atoms with Crippen LogP contribution < -0.4 is 20.3 Å². The molecule has 4 amide bonds. The van der Waals surface area contributed by atoms with Gasteiger partial charge in [-0.05, 0) is 87.1 Å². The Morgan fingerprint density at radius 3 is 2.51 bits per heavy atom. The lowest BCUT2D eigenvalue weighted by molar-refractivity contribution is -0.140. The highest BCUT2D eigenvalue weighted by molar-refractivity contribution is 9.10. The van der Waals surface area contributed by atoms with Gasteiger partial charge in [-0.1, -0.05) is 66.5 Å². The SMILES string of the molecule is CCS(=O)(=O)CCC(C)(C)C1C2CC=CC2c2cc(C)ccc2N1C(=O)CCCCC(=O)N1CCO[C@H](COc2cc(C)c(Br)cc2NC(=O)Nc2cnc(C)cn2)C1. The van der Waals surface area contributed by atoms with Crippen molar-refractivity contribution in [1.82, 2.24) is 14.9 Å². The van der Waals surface area contributed by atoms with E-state index in [9.17, 15) is 22.8 Å². The minimum Gasteiger partial charge on any atom is -0.489 e. The van der Waals surface area contributed by atoms with E-state index in [-0.39, 0.29) is 60.3 Å². The lowest BCUT2D eigenvalue weighted by Gasteiger charge is -2.51. The van der Waals surface area contributed by atoms with Gasteiger partial charge in [-0.15, -0.1) is 0 Å². The van der Waals surface area contributed by atoms with Crippen molar-refractivity contribution in [3.8, 4) is 5.75 Å². The number of aryl methyl sites for hydroxylation is 3. The van der Waals surface area contributed by atoms with E-state index in [1.807, 2.05) is 36.9 Å². The fourth-order valence-electron chi connectivity index (χ4n) is 8.42. The smallest absolute Gasteiger partial charge is 0.325 e. The second-order valence-corrected chi connectivity index (χ2v) is 20.0. The average Bonchev–Trinajstić information content (AvgIpc) is 3.70. The van der Waals surface area contributed by atoms with Gasteiger partial charge in [0.1, 0.15) is 28.3 Å². The molecule has 318 valence electrons. The number of benzene rings is 2. The van der Waals surface area contributed by atoms with Gasteiger partial charge in [0.05, 0.1) is 42.7 Å². The van der Waals surface area contributed by atoms with Crippen LogP contribution in [-0.4, -0.2) is 91.1 Å². The van der Waals surface area contributed by atoms with Crippen molar-refractivity contribution in [3.63, 3.8) is 0 Å². The summed E-state index contributed by atoms with van der Waals surface area (Å²) in [5, 5.41) is 5.50. The number of hydrogen-bond donors (Lipinski definition) is 2. The molecule has 0 bridgehead atoms. The van der Waals surface area contributed by atoms with Crippen LogP contribution in [0.2, 0.25) is 0 Å². The number of nitrogens with zero attached hydrogens (tertiary/aromatic N) is 4. The second-order valence-electron chi connectivity index (χ2n) is 16.7. The van der Waals surface area contributed by atoms with Crippen LogP contribution in [0.1, 0.15) is 87.6 Å². The quantitative estimate of drug-likeness (QED) is 0.114. The molecule has 13 nitrogen and oxygen atoms in total. The van der Waals surface area contributed by atoms with Crippen LogP contribution in [0.25, 0.3) is 0 Å². The van der Waals surface area contributed by atoms with Gasteiger partial charge in [0.25, 0.3) is 0 Å². The number of urea groups is 1. The monoisotopic (exact) mass is 892 g/mol. The first kappa shape index (κ1) is 44.2. The fourth-order valence-corrected chi connectivity index (χ4v) is 9.89. The molecule has 3 aliphatic rings. The first-order chi connectivity index (χ1) is 28.0. The standard InChI is InChI=1S/C44H57BrN6O7S/c1-7-59(55,56)20-17-44(5,6)42-33-12-10-11-32(33)34-21-28(2)15-16-37(34)51(42)41(53)14-9-8-13-40(52)50-18-19-57-31(26-50)27-58-38-22-29(3)35(45)23-36(38)48-43(54)49-39-25-46-30(4)24-47-39/h10-11,15-16,21-25,31-33,42H,7-9,12-14,17-20,26-27H2,1-6H3,(H2,47,48,49,54)/t31-,32?,33?,42?/m0/s1. The van der Waals surface area contributed by atoms with Gasteiger partial charge >= 0.3 is 6.03 Å². The molecule has 0 spiro atoms. The van der Waals surface area contributed by atoms with Gasteiger partial charge in [-0.25, -0.2) is 18.2 Å². The van der Waals surface area contributed by atoms with Gasteiger partial charge in [0, 0.05) is 47.3 Å². The molecule has 3 heterocycles. The predicted octanol–water partition coefficient (Wildman–Crippen LogP) is 7.90. The molecule has 3 unspecified atom stereocenters. The van der Waals surface area contributed by atoms with E-state index >= 15 is 0 Å². The third-order valence-corrected chi connectivity index (χ3v) is 14.3. The predicted molar refractivity (Wildman–Crippen MR) is 234 cm³/mol. The Bertz CT molecular complexity index is 2160. The van der Waals surface area contributed by atoms with Gasteiger partial charge in [-0.2, -0.15) is 0 Å². The van der Waals surface area contributed by atoms with Gasteiger partial charge < -0.3 is 24.6 Å². The molecule has 2 aromatic carbocycles. The zero-order valence-electron chi connectivity index (χ0n) is 34.9. The van der Waals surface area contributed by atoms with Crippen molar-refractivity contribution < 1.29 is 32.3 Å². The highest BCUT2D eigenvalue weighted by atomic mass is 79.9. The fraction of sp³-hybridized carbons (Fsp3) is 0.523. The summed E-state index contributed by atoms with van der Waals surface area (Å²) in [7, 11) is -3.18. The van der Waals surface area contributed by atoms with Crippen molar-refractivity contribution in [2.45, 2.75) is 98.1 Å². The normalized spacial score (nSPS) is 20.2. The summed E-state index contributed by atoms with van der Waals surface area (Å²) >= 11 is 3.53. The third kappa shape index (κ3) is 10.9. The van der Waals surface area contributed by atoms with Gasteiger partial charge in [-0.3, -0.25) is 19.9 Å². The number of unbranched alkanes of at least 4 members (excludes halogenated alkanes) is 1. The van der Waals surface area contributed by atoms with Crippen LogP contribution in [0.3, 0.4) is 0 Å². The molecule has 4 atom stereocenters. The van der Waals surface area contributed by atoms with Crippen molar-refractivity contribution in [1.29, 1.82) is 0 Å². The summed E-state index contributed by atoms with van der Waals surface area (Å²) in [6.45, 7) is 13.0. The Morgan fingerprint density at radius 2 is 1.78 bits per heavy atom. The number of allylic oxidation sites excluding steroid dienone is 2. The van der Waals surface area contributed by atoms with Crippen LogP contribution >= 0.6 is 15.9 Å². The minimum absolute atomic E-state index is 0.00160. The van der Waals surface area contributed by atoms with Crippen molar-refractivity contribution >= 4 is 60.8 Å². The topological polar surface area (TPSA) is 160 Å². The maximum atomic E-state index is 14.4. The number of ether oxygens (including phenoxy) is 2. The lowest BCUT2D eigenvalue weighted by atomic mass is 9.67. The highest BCUT2D eigenvalue weighted by Crippen LogP contribution is 2.53. The Morgan fingerprint density at radius 1 is 1.02 bits per heavy atom. The van der Waals surface area contributed by atoms with E-state index in [0.29, 0.717) is 62.6 Å². The van der Waals surface area contributed by atoms with Crippen LogP contribution in [0.5, 0.6) is 5.75 Å². The summed E-state index contributed by atoms with van der Waals surface area (Å²) in [4.78, 5) is 52.8. The Kier molecular flexibility index (Phi) is 14.2. The number of carbonyl (C=O) groups is 3. The van der Waals surface area contributed by atoms with Gasteiger partial charge in [0.15, 0.2) is 5.82 Å². The van der Waals surface area contributed by atoms with Crippen molar-refractivity contribution in [2.24, 2.45) is 11.3 Å². The zero-order chi connectivity index (χ0) is 42.5. The van der Waals surface area contributed by atoms with E-state index in [1.54, 1.807) is 24.1 Å². The summed E-state index contributed by atoms with van der Waals surface area (Å²) in [6, 6.07) is 9.19. The molecule has 1 fully saturated rings. The first-order valence-electron chi connectivity index (χ1n) is 20.5. The second kappa shape index (κ2) is 18.9.